The van der Waals surface area contributed by atoms with Crippen molar-refractivity contribution in [3.05, 3.63) is 75.2 Å². The fourth-order valence-electron chi connectivity index (χ4n) is 2.73. The number of rotatable bonds is 9. The standard InChI is InChI=1S/C21H18BrCl2FN4O2S/c1-3-8-29-20(12(2)31-18-7-5-14(25)10-16(18)24)27-28-21(29)32-11-19(30)26-17-6-4-13(22)9-15(17)23/h3-7,9-10,12H,1,8,11H2,2H3,(H,26,30). The molecule has 0 fully saturated rings. The number of aromatic nitrogens is 3. The summed E-state index contributed by atoms with van der Waals surface area (Å²) in [6, 6.07) is 9.10. The minimum Gasteiger partial charge on any atom is -0.481 e. The van der Waals surface area contributed by atoms with Crippen LogP contribution in [-0.4, -0.2) is 26.4 Å². The number of halogens is 4. The van der Waals surface area contributed by atoms with Crippen molar-refractivity contribution in [3.63, 3.8) is 0 Å². The van der Waals surface area contributed by atoms with Crippen molar-refractivity contribution < 1.29 is 13.9 Å². The van der Waals surface area contributed by atoms with Crippen LogP contribution in [0.15, 0.2) is 58.7 Å². The summed E-state index contributed by atoms with van der Waals surface area (Å²) in [6.07, 6.45) is 1.16. The number of carbonyl (C=O) groups excluding carboxylic acids is 1. The number of thioether (sulfide) groups is 1. The normalized spacial score (nSPS) is 11.8. The number of hydrogen-bond donors (Lipinski definition) is 1. The third-order valence-electron chi connectivity index (χ3n) is 4.16. The highest BCUT2D eigenvalue weighted by Gasteiger charge is 2.21. The van der Waals surface area contributed by atoms with Crippen molar-refractivity contribution in [2.24, 2.45) is 0 Å². The van der Waals surface area contributed by atoms with Crippen LogP contribution in [0.4, 0.5) is 10.1 Å². The molecule has 0 saturated carbocycles. The number of ether oxygens (including phenoxy) is 1. The van der Waals surface area contributed by atoms with E-state index in [0.29, 0.717) is 34.0 Å². The van der Waals surface area contributed by atoms with Gasteiger partial charge in [0, 0.05) is 11.0 Å². The lowest BCUT2D eigenvalue weighted by Crippen LogP contribution is -2.16. The zero-order valence-electron chi connectivity index (χ0n) is 16.8. The van der Waals surface area contributed by atoms with E-state index in [1.165, 1.54) is 30.0 Å². The molecule has 1 aromatic heterocycles. The molecule has 0 spiro atoms. The van der Waals surface area contributed by atoms with Gasteiger partial charge < -0.3 is 10.1 Å². The SMILES string of the molecule is C=CCn1c(SCC(=O)Nc2ccc(Br)cc2Cl)nnc1C(C)Oc1ccc(F)cc1Cl. The van der Waals surface area contributed by atoms with Gasteiger partial charge in [-0.15, -0.1) is 16.8 Å². The minimum absolute atomic E-state index is 0.0979. The van der Waals surface area contributed by atoms with Gasteiger partial charge in [0.15, 0.2) is 17.1 Å². The molecule has 1 unspecified atom stereocenters. The average Bonchev–Trinajstić information content (AvgIpc) is 3.13. The second-order valence-corrected chi connectivity index (χ2v) is 9.21. The van der Waals surface area contributed by atoms with Crippen molar-refractivity contribution in [3.8, 4) is 5.75 Å². The second-order valence-electron chi connectivity index (χ2n) is 6.54. The van der Waals surface area contributed by atoms with E-state index in [9.17, 15) is 9.18 Å². The molecule has 1 amide bonds. The number of nitrogens with one attached hydrogen (secondary N) is 1. The molecule has 1 heterocycles. The highest BCUT2D eigenvalue weighted by Crippen LogP contribution is 2.31. The van der Waals surface area contributed by atoms with Crippen molar-refractivity contribution in [1.29, 1.82) is 0 Å². The zero-order chi connectivity index (χ0) is 23.3. The maximum Gasteiger partial charge on any atom is 0.234 e. The molecule has 32 heavy (non-hydrogen) atoms. The summed E-state index contributed by atoms with van der Waals surface area (Å²) >= 11 is 16.7. The number of carbonyl (C=O) groups is 1. The van der Waals surface area contributed by atoms with Crippen LogP contribution in [-0.2, 0) is 11.3 Å². The first-order valence-corrected chi connectivity index (χ1v) is 11.9. The fourth-order valence-corrected chi connectivity index (χ4v) is 4.42. The van der Waals surface area contributed by atoms with E-state index >= 15 is 0 Å². The Morgan fingerprint density at radius 3 is 2.78 bits per heavy atom. The van der Waals surface area contributed by atoms with Crippen molar-refractivity contribution in [2.45, 2.75) is 24.7 Å². The van der Waals surface area contributed by atoms with Gasteiger partial charge in [-0.2, -0.15) is 0 Å². The monoisotopic (exact) mass is 558 g/mol. The van der Waals surface area contributed by atoms with Gasteiger partial charge in [-0.25, -0.2) is 4.39 Å². The summed E-state index contributed by atoms with van der Waals surface area (Å²) in [5.74, 6) is 0.251. The van der Waals surface area contributed by atoms with Gasteiger partial charge in [0.2, 0.25) is 5.91 Å². The Hall–Kier alpha value is -2.07. The number of hydrogen-bond acceptors (Lipinski definition) is 5. The summed E-state index contributed by atoms with van der Waals surface area (Å²) in [4.78, 5) is 12.4. The first kappa shape index (κ1) is 24.6. The van der Waals surface area contributed by atoms with Crippen LogP contribution in [0.25, 0.3) is 0 Å². The van der Waals surface area contributed by atoms with Crippen molar-refractivity contribution in [1.82, 2.24) is 14.8 Å². The van der Waals surface area contributed by atoms with Crippen LogP contribution in [0.3, 0.4) is 0 Å². The quantitative estimate of drug-likeness (QED) is 0.238. The van der Waals surface area contributed by atoms with Crippen LogP contribution < -0.4 is 10.1 Å². The van der Waals surface area contributed by atoms with E-state index in [-0.39, 0.29) is 16.7 Å². The minimum atomic E-state index is -0.532. The van der Waals surface area contributed by atoms with Gasteiger partial charge in [-0.1, -0.05) is 57.0 Å². The molecule has 1 N–H and O–H groups in total. The van der Waals surface area contributed by atoms with Crippen molar-refractivity contribution >= 4 is 62.5 Å². The van der Waals surface area contributed by atoms with Crippen LogP contribution in [0, 0.1) is 5.82 Å². The topological polar surface area (TPSA) is 69.0 Å². The molecule has 11 heteroatoms. The van der Waals surface area contributed by atoms with Crippen LogP contribution in [0.5, 0.6) is 5.75 Å². The Morgan fingerprint density at radius 1 is 1.31 bits per heavy atom. The third kappa shape index (κ3) is 6.25. The average molecular weight is 560 g/mol. The van der Waals surface area contributed by atoms with Gasteiger partial charge >= 0.3 is 0 Å². The Labute approximate surface area is 207 Å². The number of anilines is 1. The first-order chi connectivity index (χ1) is 15.3. The highest BCUT2D eigenvalue weighted by atomic mass is 79.9. The van der Waals surface area contributed by atoms with E-state index in [4.69, 9.17) is 27.9 Å². The van der Waals surface area contributed by atoms with Crippen molar-refractivity contribution in [2.75, 3.05) is 11.1 Å². The molecule has 0 aliphatic heterocycles. The summed E-state index contributed by atoms with van der Waals surface area (Å²) in [5.41, 5.74) is 0.520. The summed E-state index contributed by atoms with van der Waals surface area (Å²) in [5, 5.41) is 12.3. The lowest BCUT2D eigenvalue weighted by molar-refractivity contribution is -0.113. The molecule has 1 atom stereocenters. The Balaban J connectivity index is 1.69. The molecule has 0 bridgehead atoms. The molecule has 0 aliphatic rings. The number of allylic oxidation sites excluding steroid dienone is 1. The molecule has 3 rings (SSSR count). The van der Waals surface area contributed by atoms with E-state index < -0.39 is 11.9 Å². The summed E-state index contributed by atoms with van der Waals surface area (Å²) < 4.78 is 21.7. The van der Waals surface area contributed by atoms with Gasteiger partial charge in [0.1, 0.15) is 11.6 Å². The van der Waals surface area contributed by atoms with Gasteiger partial charge in [-0.05, 0) is 43.3 Å². The predicted octanol–water partition coefficient (Wildman–Crippen LogP) is 6.54. The maximum absolute atomic E-state index is 13.3. The largest absolute Gasteiger partial charge is 0.481 e. The predicted molar refractivity (Wildman–Crippen MR) is 129 cm³/mol. The summed E-state index contributed by atoms with van der Waals surface area (Å²) in [6.45, 7) is 5.96. The molecule has 0 radical (unpaired) electrons. The van der Waals surface area contributed by atoms with Crippen LogP contribution in [0.1, 0.15) is 18.9 Å². The fraction of sp³-hybridized carbons (Fsp3) is 0.190. The van der Waals surface area contributed by atoms with E-state index in [0.717, 1.165) is 4.47 Å². The van der Waals surface area contributed by atoms with Gasteiger partial charge in [-0.3, -0.25) is 9.36 Å². The molecule has 2 aromatic carbocycles. The zero-order valence-corrected chi connectivity index (χ0v) is 20.7. The van der Waals surface area contributed by atoms with Crippen LogP contribution in [0.2, 0.25) is 10.0 Å². The van der Waals surface area contributed by atoms with E-state index in [1.807, 2.05) is 0 Å². The molecule has 0 saturated heterocycles. The molecular formula is C21H18BrCl2FN4O2S. The molecule has 168 valence electrons. The van der Waals surface area contributed by atoms with Gasteiger partial charge in [0.05, 0.1) is 21.5 Å². The first-order valence-electron chi connectivity index (χ1n) is 9.32. The highest BCUT2D eigenvalue weighted by molar-refractivity contribution is 9.10. The number of nitrogens with zero attached hydrogens (tertiary/aromatic N) is 3. The molecule has 6 nitrogen and oxygen atoms in total. The summed E-state index contributed by atoms with van der Waals surface area (Å²) in [7, 11) is 0. The molecule has 3 aromatic rings. The number of benzene rings is 2. The Bertz CT molecular complexity index is 1140. The molecule has 0 aliphatic carbocycles. The smallest absolute Gasteiger partial charge is 0.234 e. The lowest BCUT2D eigenvalue weighted by Gasteiger charge is -2.16. The maximum atomic E-state index is 13.3. The third-order valence-corrected chi connectivity index (χ3v) is 6.22. The lowest BCUT2D eigenvalue weighted by atomic mass is 10.3. The second kappa shape index (κ2) is 11.2. The molecular weight excluding hydrogens is 542 g/mol. The Kier molecular flexibility index (Phi) is 8.58. The van der Waals surface area contributed by atoms with E-state index in [2.05, 4.69) is 38.0 Å². The van der Waals surface area contributed by atoms with E-state index in [1.54, 1.807) is 35.8 Å². The van der Waals surface area contributed by atoms with Crippen LogP contribution >= 0.6 is 50.9 Å². The van der Waals surface area contributed by atoms with Gasteiger partial charge in [0.25, 0.3) is 0 Å². The number of amides is 1. The Morgan fingerprint density at radius 2 is 2.09 bits per heavy atom.